The summed E-state index contributed by atoms with van der Waals surface area (Å²) in [5, 5.41) is 7.49. The number of methoxy groups -OCH3 is 1. The van der Waals surface area contributed by atoms with E-state index in [9.17, 15) is 21.6 Å². The van der Waals surface area contributed by atoms with Gasteiger partial charge in [0.1, 0.15) is 5.82 Å². The Morgan fingerprint density at radius 3 is 2.28 bits per heavy atom. The topological polar surface area (TPSA) is 110 Å². The molecule has 1 aliphatic rings. The predicted molar refractivity (Wildman–Crippen MR) is 136 cm³/mol. The highest BCUT2D eigenvalue weighted by molar-refractivity contribution is 7.92. The summed E-state index contributed by atoms with van der Waals surface area (Å²) in [7, 11) is -1.98. The molecular weight excluding hydrogens is 495 g/mol. The van der Waals surface area contributed by atoms with Gasteiger partial charge >= 0.3 is 6.18 Å². The Bertz CT molecular complexity index is 1120. The standard InChI is InChI=1S/C13H13F3N4O2S.C11H23NO/c1-7-5-11(17)18-19-12(7)9-4-3-8(13(14,15)16)6-10(9)20-23(2,21)22;1-11(2,13-3)7-10-12-8-5-4-6-9-12/h3-6,20H,1-2H3,(H2,17,18);4-10H2,1-3H3. The van der Waals surface area contributed by atoms with Crippen molar-refractivity contribution in [2.45, 2.75) is 58.2 Å². The minimum atomic E-state index is -4.60. The minimum Gasteiger partial charge on any atom is -0.382 e. The highest BCUT2D eigenvalue weighted by atomic mass is 32.2. The molecule has 1 aliphatic heterocycles. The second kappa shape index (κ2) is 12.2. The van der Waals surface area contributed by atoms with Crippen molar-refractivity contribution in [3.05, 3.63) is 35.4 Å². The van der Waals surface area contributed by atoms with E-state index in [1.54, 1.807) is 14.0 Å². The number of piperidine rings is 1. The molecule has 0 bridgehead atoms. The number of nitrogens with zero attached hydrogens (tertiary/aromatic N) is 3. The van der Waals surface area contributed by atoms with Crippen molar-refractivity contribution in [3.8, 4) is 11.3 Å². The third-order valence-electron chi connectivity index (χ3n) is 5.93. The Labute approximate surface area is 211 Å². The monoisotopic (exact) mass is 531 g/mol. The Kier molecular flexibility index (Phi) is 10.1. The number of sulfonamides is 1. The van der Waals surface area contributed by atoms with Crippen LogP contribution in [0.1, 0.15) is 50.7 Å². The van der Waals surface area contributed by atoms with Crippen molar-refractivity contribution in [1.29, 1.82) is 0 Å². The molecule has 202 valence electrons. The maximum absolute atomic E-state index is 12.8. The lowest BCUT2D eigenvalue weighted by Crippen LogP contribution is -2.35. The molecule has 1 aromatic carbocycles. The van der Waals surface area contributed by atoms with Gasteiger partial charge in [-0.1, -0.05) is 12.5 Å². The van der Waals surface area contributed by atoms with Crippen molar-refractivity contribution in [2.24, 2.45) is 0 Å². The smallest absolute Gasteiger partial charge is 0.382 e. The number of aromatic nitrogens is 2. The van der Waals surface area contributed by atoms with Gasteiger partial charge in [-0.05, 0) is 76.9 Å². The van der Waals surface area contributed by atoms with Crippen LogP contribution in [0.3, 0.4) is 0 Å². The number of hydrogen-bond donors (Lipinski definition) is 2. The van der Waals surface area contributed by atoms with Crippen molar-refractivity contribution < 1.29 is 26.3 Å². The van der Waals surface area contributed by atoms with Gasteiger partial charge in [0.05, 0.1) is 28.8 Å². The van der Waals surface area contributed by atoms with Crippen molar-refractivity contribution in [1.82, 2.24) is 15.1 Å². The second-order valence-corrected chi connectivity index (χ2v) is 11.3. The number of rotatable bonds is 7. The number of alkyl halides is 3. The van der Waals surface area contributed by atoms with Crippen LogP contribution >= 0.6 is 0 Å². The summed E-state index contributed by atoms with van der Waals surface area (Å²) in [5.41, 5.74) is 5.30. The molecule has 36 heavy (non-hydrogen) atoms. The fourth-order valence-corrected chi connectivity index (χ4v) is 4.26. The first-order valence-corrected chi connectivity index (χ1v) is 13.6. The average Bonchev–Trinajstić information content (AvgIpc) is 2.78. The molecule has 0 amide bonds. The molecule has 2 heterocycles. The summed E-state index contributed by atoms with van der Waals surface area (Å²) >= 11 is 0. The molecule has 1 fully saturated rings. The van der Waals surface area contributed by atoms with Crippen molar-refractivity contribution in [2.75, 3.05) is 43.5 Å². The Balaban J connectivity index is 0.000000297. The molecule has 8 nitrogen and oxygen atoms in total. The fraction of sp³-hybridized carbons (Fsp3) is 0.583. The van der Waals surface area contributed by atoms with Crippen LogP contribution < -0.4 is 10.5 Å². The molecule has 3 N–H and O–H groups in total. The van der Waals surface area contributed by atoms with E-state index in [1.165, 1.54) is 45.0 Å². The Hall–Kier alpha value is -2.44. The third kappa shape index (κ3) is 9.55. The van der Waals surface area contributed by atoms with Crippen LogP contribution in [0, 0.1) is 6.92 Å². The van der Waals surface area contributed by atoms with Gasteiger partial charge in [-0.25, -0.2) is 8.42 Å². The molecule has 12 heteroatoms. The quantitative estimate of drug-likeness (QED) is 0.532. The van der Waals surface area contributed by atoms with E-state index in [2.05, 4.69) is 33.7 Å². The minimum absolute atomic E-state index is 0.0530. The Morgan fingerprint density at radius 2 is 1.75 bits per heavy atom. The molecule has 0 aliphatic carbocycles. The number of aryl methyl sites for hydroxylation is 1. The van der Waals surface area contributed by atoms with Crippen LogP contribution in [0.5, 0.6) is 0 Å². The molecule has 1 aromatic heterocycles. The maximum atomic E-state index is 12.8. The number of ether oxygens (including phenoxy) is 1. The Morgan fingerprint density at radius 1 is 1.11 bits per heavy atom. The first-order valence-electron chi connectivity index (χ1n) is 11.7. The van der Waals surface area contributed by atoms with Gasteiger partial charge in [-0.3, -0.25) is 4.72 Å². The van der Waals surface area contributed by atoms with Crippen LogP contribution in [0.4, 0.5) is 24.7 Å². The summed E-state index contributed by atoms with van der Waals surface area (Å²) < 4.78 is 68.9. The lowest BCUT2D eigenvalue weighted by molar-refractivity contribution is -0.137. The van der Waals surface area contributed by atoms with E-state index in [-0.39, 0.29) is 28.4 Å². The van der Waals surface area contributed by atoms with Crippen molar-refractivity contribution in [3.63, 3.8) is 0 Å². The van der Waals surface area contributed by atoms with Crippen molar-refractivity contribution >= 4 is 21.5 Å². The van der Waals surface area contributed by atoms with E-state index in [0.29, 0.717) is 11.6 Å². The molecule has 0 radical (unpaired) electrons. The number of benzene rings is 1. The van der Waals surface area contributed by atoms with Gasteiger partial charge in [-0.15, -0.1) is 10.2 Å². The number of nitrogen functional groups attached to an aromatic ring is 1. The van der Waals surface area contributed by atoms with Crippen LogP contribution in [-0.4, -0.2) is 62.1 Å². The van der Waals surface area contributed by atoms with E-state index in [0.717, 1.165) is 24.8 Å². The predicted octanol–water partition coefficient (Wildman–Crippen LogP) is 4.71. The van der Waals surface area contributed by atoms with Gasteiger partial charge in [0, 0.05) is 19.2 Å². The number of likely N-dealkylation sites (tertiary alicyclic amines) is 1. The van der Waals surface area contributed by atoms with E-state index < -0.39 is 21.8 Å². The van der Waals surface area contributed by atoms with Crippen LogP contribution in [0.15, 0.2) is 24.3 Å². The van der Waals surface area contributed by atoms with Crippen LogP contribution in [-0.2, 0) is 20.9 Å². The summed E-state index contributed by atoms with van der Waals surface area (Å²) in [6, 6.07) is 4.20. The van der Waals surface area contributed by atoms with Gasteiger partial charge < -0.3 is 15.4 Å². The van der Waals surface area contributed by atoms with Gasteiger partial charge in [0.2, 0.25) is 10.0 Å². The zero-order valence-electron chi connectivity index (χ0n) is 21.4. The molecule has 0 saturated carbocycles. The zero-order valence-corrected chi connectivity index (χ0v) is 22.3. The van der Waals surface area contributed by atoms with Crippen LogP contribution in [0.2, 0.25) is 0 Å². The van der Waals surface area contributed by atoms with Crippen LogP contribution in [0.25, 0.3) is 11.3 Å². The lowest BCUT2D eigenvalue weighted by atomic mass is 10.0. The molecule has 0 unspecified atom stereocenters. The van der Waals surface area contributed by atoms with Gasteiger partial charge in [0.25, 0.3) is 0 Å². The SMILES string of the molecule is COC(C)(C)CCN1CCCCC1.Cc1cc(N)nnc1-c1ccc(C(F)(F)F)cc1NS(C)(=O)=O. The third-order valence-corrected chi connectivity index (χ3v) is 6.52. The molecule has 3 rings (SSSR count). The molecule has 0 atom stereocenters. The largest absolute Gasteiger partial charge is 0.416 e. The zero-order chi connectivity index (χ0) is 27.1. The fourth-order valence-electron chi connectivity index (χ4n) is 3.70. The van der Waals surface area contributed by atoms with E-state index >= 15 is 0 Å². The number of anilines is 2. The average molecular weight is 532 g/mol. The van der Waals surface area contributed by atoms with Gasteiger partial charge in [-0.2, -0.15) is 13.2 Å². The number of halogens is 3. The highest BCUT2D eigenvalue weighted by Gasteiger charge is 2.31. The molecule has 0 spiro atoms. The maximum Gasteiger partial charge on any atom is 0.416 e. The number of nitrogens with two attached hydrogens (primary N) is 1. The molecule has 1 saturated heterocycles. The first-order chi connectivity index (χ1) is 16.6. The summed E-state index contributed by atoms with van der Waals surface area (Å²) in [4.78, 5) is 2.56. The van der Waals surface area contributed by atoms with E-state index in [4.69, 9.17) is 10.5 Å². The van der Waals surface area contributed by atoms with Gasteiger partial charge in [0.15, 0.2) is 0 Å². The second-order valence-electron chi connectivity index (χ2n) is 9.55. The summed E-state index contributed by atoms with van der Waals surface area (Å²) in [5.74, 6) is 0.149. The molecule has 2 aromatic rings. The first kappa shape index (κ1) is 29.8. The summed E-state index contributed by atoms with van der Waals surface area (Å²) in [6.07, 6.45) is 1.57. The number of hydrogen-bond acceptors (Lipinski definition) is 7. The molecular formula is C24H36F3N5O3S. The lowest BCUT2D eigenvalue weighted by Gasteiger charge is -2.30. The highest BCUT2D eigenvalue weighted by Crippen LogP contribution is 2.36. The van der Waals surface area contributed by atoms with E-state index in [1.807, 2.05) is 0 Å². The normalized spacial score (nSPS) is 15.2. The summed E-state index contributed by atoms with van der Waals surface area (Å²) in [6.45, 7) is 9.75. The number of nitrogens with one attached hydrogen (secondary N) is 1.